The molecule has 0 aliphatic carbocycles. The number of likely N-dealkylation sites (tertiary alicyclic amines) is 2. The van der Waals surface area contributed by atoms with Gasteiger partial charge in [-0.05, 0) is 66.1 Å². The largest absolute Gasteiger partial charge is 0.338 e. The van der Waals surface area contributed by atoms with Crippen molar-refractivity contribution < 1.29 is 4.79 Å². The Kier molecular flexibility index (Phi) is 4.79. The number of hydrogen-bond donors (Lipinski definition) is 0. The number of hydrogen-bond acceptors (Lipinski definition) is 3. The Morgan fingerprint density at radius 2 is 1.85 bits per heavy atom. The predicted octanol–water partition coefficient (Wildman–Crippen LogP) is 3.60. The Morgan fingerprint density at radius 3 is 2.45 bits per heavy atom. The van der Waals surface area contributed by atoms with E-state index in [4.69, 9.17) is 0 Å². The van der Waals surface area contributed by atoms with Crippen molar-refractivity contribution in [2.45, 2.75) is 38.1 Å². The molecular formula is C15H21BrN2OS. The van der Waals surface area contributed by atoms with Crippen LogP contribution in [-0.4, -0.2) is 47.9 Å². The first-order valence-electron chi connectivity index (χ1n) is 7.52. The highest BCUT2D eigenvalue weighted by Gasteiger charge is 2.28. The fourth-order valence-corrected chi connectivity index (χ4v) is 4.82. The normalized spacial score (nSPS) is 22.1. The maximum Gasteiger partial charge on any atom is 0.265 e. The van der Waals surface area contributed by atoms with Crippen LogP contribution in [0.15, 0.2) is 15.9 Å². The lowest BCUT2D eigenvalue weighted by Crippen LogP contribution is -2.48. The molecule has 0 atom stereocenters. The van der Waals surface area contributed by atoms with Crippen LogP contribution >= 0.6 is 27.3 Å². The fourth-order valence-electron chi connectivity index (χ4n) is 3.31. The number of halogens is 1. The molecule has 1 aromatic rings. The fraction of sp³-hybridized carbons (Fsp3) is 0.667. The van der Waals surface area contributed by atoms with Gasteiger partial charge in [0.1, 0.15) is 4.88 Å². The summed E-state index contributed by atoms with van der Waals surface area (Å²) in [6, 6.07) is 2.66. The molecule has 2 aliphatic rings. The Morgan fingerprint density at radius 1 is 1.15 bits per heavy atom. The first-order chi connectivity index (χ1) is 9.75. The van der Waals surface area contributed by atoms with Crippen LogP contribution in [0.3, 0.4) is 0 Å². The van der Waals surface area contributed by atoms with Gasteiger partial charge in [-0.1, -0.05) is 6.42 Å². The van der Waals surface area contributed by atoms with Crippen LogP contribution in [0.4, 0.5) is 0 Å². The van der Waals surface area contributed by atoms with E-state index in [0.29, 0.717) is 6.04 Å². The third kappa shape index (κ3) is 3.10. The zero-order valence-electron chi connectivity index (χ0n) is 11.7. The molecule has 2 saturated heterocycles. The minimum absolute atomic E-state index is 0.198. The van der Waals surface area contributed by atoms with Gasteiger partial charge in [0, 0.05) is 23.6 Å². The van der Waals surface area contributed by atoms with Crippen LogP contribution in [0, 0.1) is 0 Å². The maximum absolute atomic E-state index is 12.5. The molecule has 0 radical (unpaired) electrons. The monoisotopic (exact) mass is 356 g/mol. The molecule has 20 heavy (non-hydrogen) atoms. The van der Waals surface area contributed by atoms with Crippen LogP contribution in [0.5, 0.6) is 0 Å². The third-order valence-corrected chi connectivity index (χ3v) is 6.30. The summed E-state index contributed by atoms with van der Waals surface area (Å²) in [4.78, 5) is 18.0. The molecule has 2 fully saturated rings. The second-order valence-electron chi connectivity index (χ2n) is 5.72. The number of carbonyl (C=O) groups is 1. The predicted molar refractivity (Wildman–Crippen MR) is 86.4 cm³/mol. The van der Waals surface area contributed by atoms with Crippen molar-refractivity contribution in [3.05, 3.63) is 20.8 Å². The second-order valence-corrected chi connectivity index (χ2v) is 7.49. The van der Waals surface area contributed by atoms with E-state index < -0.39 is 0 Å². The van der Waals surface area contributed by atoms with E-state index >= 15 is 0 Å². The van der Waals surface area contributed by atoms with Crippen LogP contribution in [0.2, 0.25) is 0 Å². The minimum Gasteiger partial charge on any atom is -0.338 e. The van der Waals surface area contributed by atoms with Crippen LogP contribution in [-0.2, 0) is 0 Å². The molecule has 2 aliphatic heterocycles. The summed E-state index contributed by atoms with van der Waals surface area (Å²) < 4.78 is 0.936. The standard InChI is InChI=1S/C15H21BrN2OS/c16-13-6-11-20-14(13)15(19)18-9-4-12(5-10-18)17-7-2-1-3-8-17/h6,11-12H,1-5,7-10H2. The molecule has 5 heteroatoms. The number of carbonyl (C=O) groups excluding carboxylic acids is 1. The molecule has 3 heterocycles. The van der Waals surface area contributed by atoms with Gasteiger partial charge in [-0.25, -0.2) is 0 Å². The highest BCUT2D eigenvalue weighted by molar-refractivity contribution is 9.10. The summed E-state index contributed by atoms with van der Waals surface area (Å²) in [7, 11) is 0. The van der Waals surface area contributed by atoms with Crippen molar-refractivity contribution in [3.8, 4) is 0 Å². The summed E-state index contributed by atoms with van der Waals surface area (Å²) in [5.74, 6) is 0.198. The molecular weight excluding hydrogens is 336 g/mol. The van der Waals surface area contributed by atoms with Crippen molar-refractivity contribution in [1.82, 2.24) is 9.80 Å². The van der Waals surface area contributed by atoms with Gasteiger partial charge >= 0.3 is 0 Å². The lowest BCUT2D eigenvalue weighted by atomic mass is 10.00. The number of thiophene rings is 1. The number of amides is 1. The van der Waals surface area contributed by atoms with Crippen molar-refractivity contribution in [2.24, 2.45) is 0 Å². The van der Waals surface area contributed by atoms with Gasteiger partial charge in [0.2, 0.25) is 0 Å². The maximum atomic E-state index is 12.5. The Balaban J connectivity index is 1.55. The number of rotatable bonds is 2. The second kappa shape index (κ2) is 6.58. The van der Waals surface area contributed by atoms with Crippen LogP contribution < -0.4 is 0 Å². The van der Waals surface area contributed by atoms with Crippen LogP contribution in [0.25, 0.3) is 0 Å². The van der Waals surface area contributed by atoms with Crippen molar-refractivity contribution in [3.63, 3.8) is 0 Å². The van der Waals surface area contributed by atoms with Gasteiger partial charge in [-0.3, -0.25) is 4.79 Å². The Labute approximate surface area is 133 Å². The van der Waals surface area contributed by atoms with Gasteiger partial charge in [-0.15, -0.1) is 11.3 Å². The summed E-state index contributed by atoms with van der Waals surface area (Å²) >= 11 is 4.99. The van der Waals surface area contributed by atoms with Crippen LogP contribution in [0.1, 0.15) is 41.8 Å². The molecule has 3 nitrogen and oxygen atoms in total. The molecule has 0 unspecified atom stereocenters. The summed E-state index contributed by atoms with van der Waals surface area (Å²) in [5.41, 5.74) is 0. The van der Waals surface area contributed by atoms with E-state index in [-0.39, 0.29) is 5.91 Å². The average Bonchev–Trinajstić information content (AvgIpc) is 2.94. The van der Waals surface area contributed by atoms with Gasteiger partial charge in [-0.2, -0.15) is 0 Å². The molecule has 0 N–H and O–H groups in total. The van der Waals surface area contributed by atoms with Crippen molar-refractivity contribution in [2.75, 3.05) is 26.2 Å². The number of nitrogens with zero attached hydrogens (tertiary/aromatic N) is 2. The quantitative estimate of drug-likeness (QED) is 0.808. The Hall–Kier alpha value is -0.390. The van der Waals surface area contributed by atoms with E-state index in [2.05, 4.69) is 20.8 Å². The van der Waals surface area contributed by atoms with E-state index in [1.54, 1.807) is 0 Å². The molecule has 0 aromatic carbocycles. The number of piperidine rings is 2. The van der Waals surface area contributed by atoms with Gasteiger partial charge < -0.3 is 9.80 Å². The van der Waals surface area contributed by atoms with Gasteiger partial charge in [0.15, 0.2) is 0 Å². The topological polar surface area (TPSA) is 23.6 Å². The summed E-state index contributed by atoms with van der Waals surface area (Å²) in [6.45, 7) is 4.33. The Bertz CT molecular complexity index is 462. The highest BCUT2D eigenvalue weighted by Crippen LogP contribution is 2.27. The first-order valence-corrected chi connectivity index (χ1v) is 9.19. The van der Waals surface area contributed by atoms with E-state index in [1.165, 1.54) is 43.7 Å². The lowest BCUT2D eigenvalue weighted by Gasteiger charge is -2.40. The molecule has 0 spiro atoms. The SMILES string of the molecule is O=C(c1sccc1Br)N1CCC(N2CCCCC2)CC1. The van der Waals surface area contributed by atoms with E-state index in [9.17, 15) is 4.79 Å². The molecule has 0 saturated carbocycles. The van der Waals surface area contributed by atoms with Gasteiger partial charge in [0.25, 0.3) is 5.91 Å². The summed E-state index contributed by atoms with van der Waals surface area (Å²) in [6.07, 6.45) is 6.35. The third-order valence-electron chi connectivity index (χ3n) is 4.47. The average molecular weight is 357 g/mol. The first kappa shape index (κ1) is 14.5. The molecule has 1 aromatic heterocycles. The zero-order valence-corrected chi connectivity index (χ0v) is 14.1. The van der Waals surface area contributed by atoms with Gasteiger partial charge in [0.05, 0.1) is 0 Å². The molecule has 1 amide bonds. The molecule has 110 valence electrons. The summed E-state index contributed by atoms with van der Waals surface area (Å²) in [5, 5.41) is 1.97. The highest BCUT2D eigenvalue weighted by atomic mass is 79.9. The zero-order chi connectivity index (χ0) is 13.9. The van der Waals surface area contributed by atoms with Crippen molar-refractivity contribution >= 4 is 33.2 Å². The smallest absolute Gasteiger partial charge is 0.265 e. The minimum atomic E-state index is 0.198. The molecule has 3 rings (SSSR count). The van der Waals surface area contributed by atoms with E-state index in [1.807, 2.05) is 16.3 Å². The lowest BCUT2D eigenvalue weighted by molar-refractivity contribution is 0.0593. The van der Waals surface area contributed by atoms with Crippen molar-refractivity contribution in [1.29, 1.82) is 0 Å². The van der Waals surface area contributed by atoms with E-state index in [0.717, 1.165) is 35.3 Å². The molecule has 0 bridgehead atoms.